The third-order valence-corrected chi connectivity index (χ3v) is 9.01. The Morgan fingerprint density at radius 3 is 2.41 bits per heavy atom. The molecule has 0 spiro atoms. The second kappa shape index (κ2) is 13.1. The monoisotopic (exact) mass is 613 g/mol. The van der Waals surface area contributed by atoms with Crippen LogP contribution in [0.2, 0.25) is 0 Å². The van der Waals surface area contributed by atoms with E-state index in [2.05, 4.69) is 10.3 Å². The van der Waals surface area contributed by atoms with Crippen LogP contribution >= 0.6 is 0 Å². The maximum Gasteiger partial charge on any atom is 0.417 e. The molecule has 9 nitrogen and oxygen atoms in total. The molecule has 0 bridgehead atoms. The fraction of sp³-hybridized carbons (Fsp3) is 0.333. The van der Waals surface area contributed by atoms with Gasteiger partial charge in [0.25, 0.3) is 10.1 Å². The molecule has 0 aliphatic rings. The molecule has 3 rings (SSSR count). The number of benzene rings is 2. The summed E-state index contributed by atoms with van der Waals surface area (Å²) in [4.78, 5) is 14.8. The highest BCUT2D eigenvalue weighted by molar-refractivity contribution is 7.89. The predicted molar refractivity (Wildman–Crippen MR) is 147 cm³/mol. The molecule has 0 aliphatic heterocycles. The van der Waals surface area contributed by atoms with Crippen molar-refractivity contribution < 1.29 is 39.4 Å². The average Bonchev–Trinajstić information content (AvgIpc) is 2.89. The van der Waals surface area contributed by atoms with Crippen LogP contribution in [0.25, 0.3) is 11.1 Å². The Bertz CT molecular complexity index is 1600. The van der Waals surface area contributed by atoms with E-state index in [4.69, 9.17) is 4.55 Å². The summed E-state index contributed by atoms with van der Waals surface area (Å²) < 4.78 is 100. The Kier molecular flexibility index (Phi) is 10.3. The summed E-state index contributed by atoms with van der Waals surface area (Å²) in [7, 11) is -9.18. The van der Waals surface area contributed by atoms with Gasteiger partial charge in [0.2, 0.25) is 15.9 Å². The van der Waals surface area contributed by atoms with Crippen molar-refractivity contribution in [2.75, 3.05) is 18.8 Å². The Labute approximate surface area is 237 Å². The lowest BCUT2D eigenvalue weighted by Crippen LogP contribution is -2.36. The standard InChI is InChI=1S/C27H30F3N3O6S2/c1-19-17-31-14-12-23(19)22-9-7-8-21(16-22)20(2)33(15-6-5-13-32-26(34)18-40(35,36)37)41(38,39)25-11-4-3-10-24(25)27(28,29)30/h3-4,7-12,14,16-17,20H,5-6,13,15,18H2,1-2H3,(H,32,34)(H,35,36,37)/t20-/m0/s1. The van der Waals surface area contributed by atoms with Crippen molar-refractivity contribution >= 4 is 26.0 Å². The number of nitrogens with zero attached hydrogens (tertiary/aromatic N) is 2. The van der Waals surface area contributed by atoms with Crippen molar-refractivity contribution in [1.82, 2.24) is 14.6 Å². The highest BCUT2D eigenvalue weighted by atomic mass is 32.2. The van der Waals surface area contributed by atoms with Gasteiger partial charge in [0, 0.05) is 31.5 Å². The molecule has 1 heterocycles. The van der Waals surface area contributed by atoms with Crippen LogP contribution in [0.1, 0.15) is 42.5 Å². The van der Waals surface area contributed by atoms with E-state index in [9.17, 15) is 34.8 Å². The topological polar surface area (TPSA) is 134 Å². The van der Waals surface area contributed by atoms with E-state index in [1.807, 2.05) is 19.1 Å². The number of carbonyl (C=O) groups excluding carboxylic acids is 1. The molecule has 0 fully saturated rings. The zero-order valence-corrected chi connectivity index (χ0v) is 23.9. The van der Waals surface area contributed by atoms with Crippen LogP contribution in [0.3, 0.4) is 0 Å². The number of unbranched alkanes of at least 4 members (excludes halogenated alkanes) is 1. The molecule has 0 aliphatic carbocycles. The fourth-order valence-electron chi connectivity index (χ4n) is 4.34. The van der Waals surface area contributed by atoms with Gasteiger partial charge in [-0.05, 0) is 73.2 Å². The van der Waals surface area contributed by atoms with Crippen molar-refractivity contribution in [3.05, 3.63) is 83.7 Å². The van der Waals surface area contributed by atoms with Crippen molar-refractivity contribution in [3.63, 3.8) is 0 Å². The number of aromatic nitrogens is 1. The minimum Gasteiger partial charge on any atom is -0.355 e. The third kappa shape index (κ3) is 8.58. The summed E-state index contributed by atoms with van der Waals surface area (Å²) in [5, 5.41) is 2.30. The molecule has 0 saturated carbocycles. The number of sulfonamides is 1. The smallest absolute Gasteiger partial charge is 0.355 e. The number of hydrogen-bond acceptors (Lipinski definition) is 6. The summed E-state index contributed by atoms with van der Waals surface area (Å²) >= 11 is 0. The lowest BCUT2D eigenvalue weighted by Gasteiger charge is -2.30. The van der Waals surface area contributed by atoms with Crippen LogP contribution in [-0.2, 0) is 31.1 Å². The maximum atomic E-state index is 13.8. The largest absolute Gasteiger partial charge is 0.417 e. The summed E-state index contributed by atoms with van der Waals surface area (Å²) in [5.41, 5.74) is 1.80. The molecule has 0 saturated heterocycles. The average molecular weight is 614 g/mol. The number of hydrogen-bond donors (Lipinski definition) is 2. The van der Waals surface area contributed by atoms with Gasteiger partial charge in [-0.25, -0.2) is 8.42 Å². The van der Waals surface area contributed by atoms with Crippen molar-refractivity contribution in [1.29, 1.82) is 0 Å². The van der Waals surface area contributed by atoms with Gasteiger partial charge in [0.1, 0.15) is 0 Å². The molecule has 0 unspecified atom stereocenters. The van der Waals surface area contributed by atoms with Crippen LogP contribution in [0.4, 0.5) is 13.2 Å². The number of alkyl halides is 3. The number of carbonyl (C=O) groups is 1. The van der Waals surface area contributed by atoms with Crippen LogP contribution in [0.5, 0.6) is 0 Å². The number of aryl methyl sites for hydroxylation is 1. The van der Waals surface area contributed by atoms with Gasteiger partial charge in [-0.1, -0.05) is 30.3 Å². The van der Waals surface area contributed by atoms with E-state index in [1.165, 1.54) is 6.07 Å². The first-order chi connectivity index (χ1) is 19.1. The number of nitrogens with one attached hydrogen (secondary N) is 1. The lowest BCUT2D eigenvalue weighted by atomic mass is 9.98. The second-order valence-corrected chi connectivity index (χ2v) is 12.7. The molecular formula is C27H30F3N3O6S2. The third-order valence-electron chi connectivity index (χ3n) is 6.35. The molecule has 1 amide bonds. The lowest BCUT2D eigenvalue weighted by molar-refractivity contribution is -0.140. The van der Waals surface area contributed by atoms with E-state index in [1.54, 1.807) is 37.5 Å². The predicted octanol–water partition coefficient (Wildman–Crippen LogP) is 4.61. The number of rotatable bonds is 12. The zero-order valence-electron chi connectivity index (χ0n) is 22.3. The SMILES string of the molecule is Cc1cnccc1-c1cccc([C@H](C)N(CCCCNC(=O)CS(=O)(=O)O)S(=O)(=O)c2ccccc2C(F)(F)F)c1. The van der Waals surface area contributed by atoms with Gasteiger partial charge >= 0.3 is 6.18 Å². The van der Waals surface area contributed by atoms with E-state index in [0.717, 1.165) is 33.1 Å². The summed E-state index contributed by atoms with van der Waals surface area (Å²) in [6.45, 7) is 3.23. The van der Waals surface area contributed by atoms with Gasteiger partial charge in [0.15, 0.2) is 5.75 Å². The Balaban J connectivity index is 1.93. The maximum absolute atomic E-state index is 13.8. The highest BCUT2D eigenvalue weighted by Crippen LogP contribution is 2.38. The molecule has 14 heteroatoms. The van der Waals surface area contributed by atoms with Crippen LogP contribution < -0.4 is 5.32 Å². The molecular weight excluding hydrogens is 583 g/mol. The van der Waals surface area contributed by atoms with E-state index < -0.39 is 54.5 Å². The van der Waals surface area contributed by atoms with Gasteiger partial charge < -0.3 is 5.32 Å². The summed E-state index contributed by atoms with van der Waals surface area (Å²) in [6.07, 6.45) is -1.28. The molecule has 1 aromatic heterocycles. The van der Waals surface area contributed by atoms with E-state index >= 15 is 0 Å². The Morgan fingerprint density at radius 2 is 1.76 bits per heavy atom. The first kappa shape index (κ1) is 32.2. The van der Waals surface area contributed by atoms with Crippen LogP contribution in [0, 0.1) is 6.92 Å². The quantitative estimate of drug-likeness (QED) is 0.225. The normalized spacial score (nSPS) is 13.2. The number of halogens is 3. The van der Waals surface area contributed by atoms with E-state index in [-0.39, 0.29) is 25.9 Å². The summed E-state index contributed by atoms with van der Waals surface area (Å²) in [5.74, 6) is -2.06. The van der Waals surface area contributed by atoms with E-state index in [0.29, 0.717) is 11.6 Å². The number of pyridine rings is 1. The Hall–Kier alpha value is -3.33. The van der Waals surface area contributed by atoms with Gasteiger partial charge in [-0.3, -0.25) is 14.3 Å². The fourth-order valence-corrected chi connectivity index (χ4v) is 6.65. The first-order valence-corrected chi connectivity index (χ1v) is 15.6. The molecule has 1 atom stereocenters. The molecule has 2 aromatic carbocycles. The zero-order chi connectivity index (χ0) is 30.4. The van der Waals surface area contributed by atoms with Gasteiger partial charge in [-0.2, -0.15) is 25.9 Å². The van der Waals surface area contributed by atoms with Crippen LogP contribution in [-0.4, -0.2) is 55.4 Å². The first-order valence-electron chi connectivity index (χ1n) is 12.5. The molecule has 0 radical (unpaired) electrons. The molecule has 3 aromatic rings. The van der Waals surface area contributed by atoms with Crippen LogP contribution in [0.15, 0.2) is 71.9 Å². The van der Waals surface area contributed by atoms with Gasteiger partial charge in [0.05, 0.1) is 10.5 Å². The van der Waals surface area contributed by atoms with Crippen molar-refractivity contribution in [2.45, 2.75) is 43.8 Å². The Morgan fingerprint density at radius 1 is 1.05 bits per heavy atom. The minimum absolute atomic E-state index is 0.0352. The molecule has 41 heavy (non-hydrogen) atoms. The number of amides is 1. The van der Waals surface area contributed by atoms with Crippen molar-refractivity contribution in [3.8, 4) is 11.1 Å². The second-order valence-electron chi connectivity index (χ2n) is 9.39. The minimum atomic E-state index is -4.91. The van der Waals surface area contributed by atoms with Gasteiger partial charge in [-0.15, -0.1) is 0 Å². The van der Waals surface area contributed by atoms with Crippen molar-refractivity contribution in [2.24, 2.45) is 0 Å². The molecule has 2 N–H and O–H groups in total. The molecule has 222 valence electrons. The summed E-state index contributed by atoms with van der Waals surface area (Å²) in [6, 6.07) is 12.0. The highest BCUT2D eigenvalue weighted by Gasteiger charge is 2.40.